The van der Waals surface area contributed by atoms with Crippen LogP contribution in [-0.2, 0) is 4.79 Å². The van der Waals surface area contributed by atoms with Crippen LogP contribution in [0.15, 0.2) is 22.8 Å². The summed E-state index contributed by atoms with van der Waals surface area (Å²) in [5.41, 5.74) is 0.962. The molecule has 0 saturated carbocycles. The number of rotatable bonds is 2. The molecule has 0 aromatic carbocycles. The Balaban J connectivity index is 2.13. The summed E-state index contributed by atoms with van der Waals surface area (Å²) < 4.78 is 1.81. The van der Waals surface area contributed by atoms with Crippen molar-refractivity contribution in [2.45, 2.75) is 12.5 Å². The number of aliphatic carboxylic acids is 1. The first kappa shape index (κ1) is 10.2. The fourth-order valence-electron chi connectivity index (χ4n) is 1.78. The van der Waals surface area contributed by atoms with Gasteiger partial charge in [-0.1, -0.05) is 0 Å². The molecule has 1 N–H and O–H groups in total. The number of hydrogen-bond donors (Lipinski definition) is 1. The minimum atomic E-state index is -0.896. The number of thiophene rings is 1. The van der Waals surface area contributed by atoms with E-state index in [-0.39, 0.29) is 6.42 Å². The molecule has 0 saturated heterocycles. The average Bonchev–Trinajstić information content (AvgIpc) is 2.90. The second-order valence-corrected chi connectivity index (χ2v) is 4.53. The van der Waals surface area contributed by atoms with Gasteiger partial charge < -0.3 is 5.11 Å². The maximum atomic E-state index is 10.8. The van der Waals surface area contributed by atoms with Gasteiger partial charge in [0.05, 0.1) is 6.42 Å². The van der Waals surface area contributed by atoms with Crippen LogP contribution >= 0.6 is 11.3 Å². The van der Waals surface area contributed by atoms with Crippen LogP contribution in [0, 0.1) is 0 Å². The number of carboxylic acids is 1. The average molecular weight is 248 g/mol. The van der Waals surface area contributed by atoms with Crippen LogP contribution in [0.25, 0.3) is 5.00 Å². The first-order valence-electron chi connectivity index (χ1n) is 4.98. The minimum Gasteiger partial charge on any atom is -0.481 e. The summed E-state index contributed by atoms with van der Waals surface area (Å²) in [7, 11) is 0. The Bertz CT molecular complexity index is 601. The number of fused-ring (bicyclic) bond motifs is 3. The Kier molecular flexibility index (Phi) is 2.25. The molecule has 1 aliphatic heterocycles. The van der Waals surface area contributed by atoms with Gasteiger partial charge >= 0.3 is 5.97 Å². The van der Waals surface area contributed by atoms with Gasteiger partial charge in [-0.25, -0.2) is 0 Å². The molecular weight excluding hydrogens is 240 g/mol. The van der Waals surface area contributed by atoms with Crippen molar-refractivity contribution in [1.29, 1.82) is 0 Å². The Morgan fingerprint density at radius 1 is 1.59 bits per heavy atom. The molecule has 86 valence electrons. The monoisotopic (exact) mass is 248 g/mol. The smallest absolute Gasteiger partial charge is 0.306 e. The number of hydrogen-bond acceptors (Lipinski definition) is 5. The highest BCUT2D eigenvalue weighted by atomic mass is 32.1. The van der Waals surface area contributed by atoms with Gasteiger partial charge in [-0.2, -0.15) is 0 Å². The quantitative estimate of drug-likeness (QED) is 0.868. The van der Waals surface area contributed by atoms with Gasteiger partial charge in [-0.05, 0) is 11.4 Å². The van der Waals surface area contributed by atoms with Gasteiger partial charge in [0, 0.05) is 11.8 Å². The first-order chi connectivity index (χ1) is 8.25. The zero-order valence-corrected chi connectivity index (χ0v) is 9.46. The lowest BCUT2D eigenvalue weighted by Gasteiger charge is -2.07. The standard InChI is InChI=1S/C10H8N4O2S/c15-8(16)3-7-9-13-12-5-14(9)10-6(4-11-7)1-2-17-10/h1-2,4-5,7H,3H2,(H,15,16). The molecule has 0 fully saturated rings. The van der Waals surface area contributed by atoms with Crippen LogP contribution in [0.2, 0.25) is 0 Å². The highest BCUT2D eigenvalue weighted by Crippen LogP contribution is 2.29. The van der Waals surface area contributed by atoms with E-state index in [1.165, 1.54) is 0 Å². The summed E-state index contributed by atoms with van der Waals surface area (Å²) in [6, 6.07) is 1.46. The van der Waals surface area contributed by atoms with Crippen molar-refractivity contribution in [1.82, 2.24) is 14.8 Å². The lowest BCUT2D eigenvalue weighted by molar-refractivity contribution is -0.137. The first-order valence-corrected chi connectivity index (χ1v) is 5.86. The van der Waals surface area contributed by atoms with E-state index >= 15 is 0 Å². The fraction of sp³-hybridized carbons (Fsp3) is 0.200. The maximum Gasteiger partial charge on any atom is 0.306 e. The summed E-state index contributed by atoms with van der Waals surface area (Å²) in [5, 5.41) is 19.6. The molecule has 1 unspecified atom stereocenters. The van der Waals surface area contributed by atoms with Gasteiger partial charge in [-0.3, -0.25) is 14.4 Å². The molecule has 1 atom stereocenters. The van der Waals surface area contributed by atoms with Gasteiger partial charge in [0.25, 0.3) is 0 Å². The van der Waals surface area contributed by atoms with Gasteiger partial charge in [0.15, 0.2) is 5.82 Å². The summed E-state index contributed by atoms with van der Waals surface area (Å²) in [5.74, 6) is -0.322. The van der Waals surface area contributed by atoms with Gasteiger partial charge in [0.1, 0.15) is 17.4 Å². The number of nitrogens with zero attached hydrogens (tertiary/aromatic N) is 4. The predicted molar refractivity (Wildman–Crippen MR) is 61.8 cm³/mol. The zero-order chi connectivity index (χ0) is 11.8. The summed E-state index contributed by atoms with van der Waals surface area (Å²) in [6.45, 7) is 0. The molecule has 3 heterocycles. The highest BCUT2D eigenvalue weighted by Gasteiger charge is 2.24. The predicted octanol–water partition coefficient (Wildman–Crippen LogP) is 1.28. The van der Waals surface area contributed by atoms with E-state index in [9.17, 15) is 4.79 Å². The Hall–Kier alpha value is -2.02. The van der Waals surface area contributed by atoms with Gasteiger partial charge in [0.2, 0.25) is 0 Å². The van der Waals surface area contributed by atoms with E-state index in [2.05, 4.69) is 15.2 Å². The van der Waals surface area contributed by atoms with Crippen LogP contribution in [0.1, 0.15) is 23.9 Å². The zero-order valence-electron chi connectivity index (χ0n) is 8.65. The van der Waals surface area contributed by atoms with E-state index in [0.29, 0.717) is 5.82 Å². The Labute approximate surface area is 100 Å². The molecule has 2 aromatic rings. The van der Waals surface area contributed by atoms with E-state index in [4.69, 9.17) is 5.11 Å². The van der Waals surface area contributed by atoms with E-state index in [0.717, 1.165) is 10.6 Å². The van der Waals surface area contributed by atoms with E-state index < -0.39 is 12.0 Å². The normalized spacial score (nSPS) is 17.3. The van der Waals surface area contributed by atoms with Crippen molar-refractivity contribution < 1.29 is 9.90 Å². The van der Waals surface area contributed by atoms with Crippen LogP contribution in [0.4, 0.5) is 0 Å². The van der Waals surface area contributed by atoms with Gasteiger partial charge in [-0.15, -0.1) is 21.5 Å². The molecule has 0 radical (unpaired) electrons. The lowest BCUT2D eigenvalue weighted by Crippen LogP contribution is -2.08. The number of aliphatic imine (C=N–C) groups is 1. The third-order valence-corrected chi connectivity index (χ3v) is 3.45. The molecule has 0 bridgehead atoms. The van der Waals surface area contributed by atoms with E-state index in [1.807, 2.05) is 11.4 Å². The molecule has 17 heavy (non-hydrogen) atoms. The summed E-state index contributed by atoms with van der Waals surface area (Å²) >= 11 is 1.55. The second-order valence-electron chi connectivity index (χ2n) is 3.63. The summed E-state index contributed by atoms with van der Waals surface area (Å²) in [6.07, 6.45) is 3.21. The molecule has 1 aliphatic rings. The van der Waals surface area contributed by atoms with Crippen LogP contribution in [-0.4, -0.2) is 32.1 Å². The summed E-state index contributed by atoms with van der Waals surface area (Å²) in [4.78, 5) is 15.1. The molecule has 0 spiro atoms. The second kappa shape index (κ2) is 3.77. The molecule has 7 heteroatoms. The highest BCUT2D eigenvalue weighted by molar-refractivity contribution is 7.13. The van der Waals surface area contributed by atoms with Crippen molar-refractivity contribution in [2.75, 3.05) is 0 Å². The fourth-order valence-corrected chi connectivity index (χ4v) is 2.63. The molecule has 0 aliphatic carbocycles. The van der Waals surface area contributed by atoms with Crippen LogP contribution in [0.5, 0.6) is 0 Å². The van der Waals surface area contributed by atoms with Crippen molar-refractivity contribution >= 4 is 23.5 Å². The molecule has 6 nitrogen and oxygen atoms in total. The number of carboxylic acid groups (broad SMARTS) is 1. The molecular formula is C10H8N4O2S. The number of aromatic nitrogens is 3. The van der Waals surface area contributed by atoms with Crippen molar-refractivity contribution in [2.24, 2.45) is 4.99 Å². The molecule has 0 amide bonds. The van der Waals surface area contributed by atoms with Crippen molar-refractivity contribution in [3.8, 4) is 5.00 Å². The SMILES string of the molecule is O=C(O)CC1N=Cc2ccsc2-n2cnnc21. The lowest BCUT2D eigenvalue weighted by atomic mass is 10.2. The Morgan fingerprint density at radius 2 is 2.47 bits per heavy atom. The third-order valence-electron chi connectivity index (χ3n) is 2.53. The maximum absolute atomic E-state index is 10.8. The minimum absolute atomic E-state index is 0.0792. The topological polar surface area (TPSA) is 80.4 Å². The molecule has 2 aromatic heterocycles. The molecule has 3 rings (SSSR count). The van der Waals surface area contributed by atoms with E-state index in [1.54, 1.807) is 28.4 Å². The van der Waals surface area contributed by atoms with Crippen LogP contribution < -0.4 is 0 Å². The third kappa shape index (κ3) is 1.64. The van der Waals surface area contributed by atoms with Crippen molar-refractivity contribution in [3.05, 3.63) is 29.2 Å². The van der Waals surface area contributed by atoms with Crippen LogP contribution in [0.3, 0.4) is 0 Å². The Morgan fingerprint density at radius 3 is 3.29 bits per heavy atom. The van der Waals surface area contributed by atoms with Crippen molar-refractivity contribution in [3.63, 3.8) is 0 Å². The number of carbonyl (C=O) groups is 1. The largest absolute Gasteiger partial charge is 0.481 e.